The lowest BCUT2D eigenvalue weighted by Gasteiger charge is -2.43. The highest BCUT2D eigenvalue weighted by Crippen LogP contribution is 2.46. The number of rotatable bonds is 9. The van der Waals surface area contributed by atoms with Gasteiger partial charge in [0.25, 0.3) is 0 Å². The fourth-order valence-corrected chi connectivity index (χ4v) is 5.69. The van der Waals surface area contributed by atoms with Crippen LogP contribution in [-0.4, -0.2) is 29.4 Å². The van der Waals surface area contributed by atoms with Crippen LogP contribution in [0, 0.1) is 23.2 Å². The molecule has 0 aliphatic heterocycles. The van der Waals surface area contributed by atoms with E-state index in [4.69, 9.17) is 17.3 Å². The van der Waals surface area contributed by atoms with Crippen molar-refractivity contribution in [2.24, 2.45) is 28.9 Å². The van der Waals surface area contributed by atoms with Gasteiger partial charge in [0.15, 0.2) is 0 Å². The molecule has 1 aromatic heterocycles. The summed E-state index contributed by atoms with van der Waals surface area (Å²) >= 11 is 6.03. The Morgan fingerprint density at radius 1 is 1.14 bits per heavy atom. The molecule has 1 aromatic carbocycles. The van der Waals surface area contributed by atoms with Crippen LogP contribution in [0.1, 0.15) is 65.9 Å². The average Bonchev–Trinajstić information content (AvgIpc) is 2.82. The van der Waals surface area contributed by atoms with E-state index in [2.05, 4.69) is 43.3 Å². The van der Waals surface area contributed by atoms with Crippen molar-refractivity contribution in [1.29, 1.82) is 0 Å². The number of benzene rings is 1. The van der Waals surface area contributed by atoms with Crippen LogP contribution in [0.4, 0.5) is 5.69 Å². The van der Waals surface area contributed by atoms with Crippen molar-refractivity contribution in [3.63, 3.8) is 0 Å². The van der Waals surface area contributed by atoms with Crippen LogP contribution in [0.15, 0.2) is 48.8 Å². The van der Waals surface area contributed by atoms with Crippen molar-refractivity contribution in [3.05, 3.63) is 59.4 Å². The number of hydrogen-bond donors (Lipinski definition) is 3. The summed E-state index contributed by atoms with van der Waals surface area (Å²) < 4.78 is 0. The molecule has 4 unspecified atom stereocenters. The quantitative estimate of drug-likeness (QED) is 0.409. The first-order chi connectivity index (χ1) is 16.9. The Morgan fingerprint density at radius 3 is 2.39 bits per heavy atom. The first kappa shape index (κ1) is 28.1. The number of aromatic nitrogens is 1. The highest BCUT2D eigenvalue weighted by molar-refractivity contribution is 6.30. The summed E-state index contributed by atoms with van der Waals surface area (Å²) in [5, 5.41) is 6.82. The molecule has 36 heavy (non-hydrogen) atoms. The number of anilines is 1. The Bertz CT molecular complexity index is 1030. The maximum atomic E-state index is 13.4. The second-order valence-electron chi connectivity index (χ2n) is 11.8. The lowest BCUT2D eigenvalue weighted by Crippen LogP contribution is -2.52. The van der Waals surface area contributed by atoms with Crippen LogP contribution < -0.4 is 16.4 Å². The molecule has 3 rings (SSSR count). The maximum Gasteiger partial charge on any atom is 0.237 e. The SMILES string of the molecule is CC(C)CC1CC(C(N)C(=O)NCC(C)(C)c2ccc(Cl)cc2)CC(C)(C(=O)Nc2ccncc2)C1. The summed E-state index contributed by atoms with van der Waals surface area (Å²) in [6.07, 6.45) is 6.55. The number of amides is 2. The molecule has 196 valence electrons. The Labute approximate surface area is 220 Å². The molecule has 2 aromatic rings. The molecule has 4 N–H and O–H groups in total. The molecular formula is C29H41ClN4O2. The van der Waals surface area contributed by atoms with E-state index in [9.17, 15) is 9.59 Å². The van der Waals surface area contributed by atoms with Crippen LogP contribution in [0.25, 0.3) is 0 Å². The van der Waals surface area contributed by atoms with Gasteiger partial charge in [0.05, 0.1) is 6.04 Å². The number of hydrogen-bond acceptors (Lipinski definition) is 4. The molecule has 1 aliphatic rings. The van der Waals surface area contributed by atoms with E-state index in [-0.39, 0.29) is 23.1 Å². The molecule has 6 nitrogen and oxygen atoms in total. The largest absolute Gasteiger partial charge is 0.354 e. The van der Waals surface area contributed by atoms with Crippen molar-refractivity contribution in [1.82, 2.24) is 10.3 Å². The van der Waals surface area contributed by atoms with E-state index in [1.54, 1.807) is 24.5 Å². The van der Waals surface area contributed by atoms with E-state index in [1.165, 1.54) is 0 Å². The van der Waals surface area contributed by atoms with E-state index in [1.807, 2.05) is 31.2 Å². The van der Waals surface area contributed by atoms with Gasteiger partial charge in [-0.1, -0.05) is 58.4 Å². The summed E-state index contributed by atoms with van der Waals surface area (Å²) in [7, 11) is 0. The van der Waals surface area contributed by atoms with Crippen molar-refractivity contribution >= 4 is 29.1 Å². The number of pyridine rings is 1. The molecule has 0 saturated heterocycles. The minimum atomic E-state index is -0.672. The third-order valence-electron chi connectivity index (χ3n) is 7.52. The standard InChI is InChI=1S/C29H41ClN4O2/c1-19(2)14-20-15-21(17-29(5,16-20)27(36)34-24-10-12-32-13-11-24)25(31)26(35)33-18-28(3,4)22-6-8-23(30)9-7-22/h6-13,19-21,25H,14-18,31H2,1-5H3,(H,33,35)(H,32,34,36). The topological polar surface area (TPSA) is 97.1 Å². The predicted octanol–water partition coefficient (Wildman–Crippen LogP) is 5.56. The third kappa shape index (κ3) is 7.30. The Hall–Kier alpha value is -2.44. The smallest absolute Gasteiger partial charge is 0.237 e. The number of halogens is 1. The van der Waals surface area contributed by atoms with Crippen LogP contribution in [0.5, 0.6) is 0 Å². The summed E-state index contributed by atoms with van der Waals surface area (Å²) in [5.74, 6) is 0.579. The molecule has 0 spiro atoms. The van der Waals surface area contributed by atoms with Gasteiger partial charge in [0, 0.05) is 40.5 Å². The van der Waals surface area contributed by atoms with Crippen LogP contribution in [-0.2, 0) is 15.0 Å². The van der Waals surface area contributed by atoms with Gasteiger partial charge in [-0.15, -0.1) is 0 Å². The fourth-order valence-electron chi connectivity index (χ4n) is 5.56. The minimum Gasteiger partial charge on any atom is -0.354 e. The normalized spacial score (nSPS) is 23.2. The first-order valence-corrected chi connectivity index (χ1v) is 13.3. The Balaban J connectivity index is 1.70. The zero-order valence-corrected chi connectivity index (χ0v) is 22.9. The summed E-state index contributed by atoms with van der Waals surface area (Å²) in [5.41, 5.74) is 7.52. The minimum absolute atomic E-state index is 0.0244. The maximum absolute atomic E-state index is 13.4. The molecule has 2 amide bonds. The van der Waals surface area contributed by atoms with E-state index < -0.39 is 11.5 Å². The second kappa shape index (κ2) is 11.7. The molecule has 1 saturated carbocycles. The van der Waals surface area contributed by atoms with Gasteiger partial charge in [-0.2, -0.15) is 0 Å². The Kier molecular flexibility index (Phi) is 9.18. The number of carbonyl (C=O) groups is 2. The van der Waals surface area contributed by atoms with E-state index in [0.29, 0.717) is 29.8 Å². The highest BCUT2D eigenvalue weighted by atomic mass is 35.5. The van der Waals surface area contributed by atoms with Crippen LogP contribution in [0.3, 0.4) is 0 Å². The number of nitrogens with two attached hydrogens (primary N) is 1. The molecular weight excluding hydrogens is 472 g/mol. The predicted molar refractivity (Wildman–Crippen MR) is 147 cm³/mol. The number of nitrogens with one attached hydrogen (secondary N) is 2. The van der Waals surface area contributed by atoms with Gasteiger partial charge in [0.1, 0.15) is 0 Å². The number of carbonyl (C=O) groups excluding carboxylic acids is 2. The van der Waals surface area contributed by atoms with E-state index in [0.717, 1.165) is 30.5 Å². The van der Waals surface area contributed by atoms with Gasteiger partial charge >= 0.3 is 0 Å². The van der Waals surface area contributed by atoms with Gasteiger partial charge in [-0.25, -0.2) is 0 Å². The zero-order chi connectivity index (χ0) is 26.5. The third-order valence-corrected chi connectivity index (χ3v) is 7.77. The lowest BCUT2D eigenvalue weighted by atomic mass is 9.62. The lowest BCUT2D eigenvalue weighted by molar-refractivity contribution is -0.131. The molecule has 0 bridgehead atoms. The number of nitrogens with zero attached hydrogens (tertiary/aromatic N) is 1. The van der Waals surface area contributed by atoms with Gasteiger partial charge in [-0.05, 0) is 73.3 Å². The van der Waals surface area contributed by atoms with Gasteiger partial charge < -0.3 is 16.4 Å². The van der Waals surface area contributed by atoms with Crippen molar-refractivity contribution in [2.75, 3.05) is 11.9 Å². The van der Waals surface area contributed by atoms with Crippen molar-refractivity contribution < 1.29 is 9.59 Å². The molecule has 1 heterocycles. The zero-order valence-electron chi connectivity index (χ0n) is 22.2. The molecule has 1 aliphatic carbocycles. The Morgan fingerprint density at radius 2 is 1.78 bits per heavy atom. The molecule has 1 fully saturated rings. The second-order valence-corrected chi connectivity index (χ2v) is 12.2. The summed E-state index contributed by atoms with van der Waals surface area (Å²) in [6.45, 7) is 11.0. The first-order valence-electron chi connectivity index (χ1n) is 12.9. The molecule has 7 heteroatoms. The van der Waals surface area contributed by atoms with Crippen LogP contribution >= 0.6 is 11.6 Å². The fraction of sp³-hybridized carbons (Fsp3) is 0.552. The van der Waals surface area contributed by atoms with Crippen molar-refractivity contribution in [2.45, 2.75) is 71.8 Å². The van der Waals surface area contributed by atoms with Crippen molar-refractivity contribution in [3.8, 4) is 0 Å². The highest BCUT2D eigenvalue weighted by Gasteiger charge is 2.45. The molecule has 4 atom stereocenters. The van der Waals surface area contributed by atoms with Gasteiger partial charge in [-0.3, -0.25) is 14.6 Å². The van der Waals surface area contributed by atoms with Gasteiger partial charge in [0.2, 0.25) is 11.8 Å². The molecule has 0 radical (unpaired) electrons. The van der Waals surface area contributed by atoms with Crippen LogP contribution in [0.2, 0.25) is 5.02 Å². The summed E-state index contributed by atoms with van der Waals surface area (Å²) in [4.78, 5) is 30.6. The average molecular weight is 513 g/mol. The van der Waals surface area contributed by atoms with E-state index >= 15 is 0 Å². The summed E-state index contributed by atoms with van der Waals surface area (Å²) in [6, 6.07) is 10.6. The monoisotopic (exact) mass is 512 g/mol.